The van der Waals surface area contributed by atoms with Crippen molar-refractivity contribution in [2.24, 2.45) is 0 Å². The number of ketones is 1. The Kier molecular flexibility index (Phi) is 3.38. The Morgan fingerprint density at radius 1 is 1.16 bits per heavy atom. The summed E-state index contributed by atoms with van der Waals surface area (Å²) < 4.78 is 2.02. The predicted octanol–water partition coefficient (Wildman–Crippen LogP) is 4.36. The lowest BCUT2D eigenvalue weighted by atomic mass is 9.95. The zero-order valence-corrected chi connectivity index (χ0v) is 11.8. The van der Waals surface area contributed by atoms with E-state index in [4.69, 9.17) is 23.2 Å². The van der Waals surface area contributed by atoms with Crippen molar-refractivity contribution in [3.63, 3.8) is 0 Å². The molecule has 1 aliphatic rings. The molecule has 0 atom stereocenters. The highest BCUT2D eigenvalue weighted by atomic mass is 35.5. The van der Waals surface area contributed by atoms with Crippen LogP contribution in [0.25, 0.3) is 0 Å². The summed E-state index contributed by atoms with van der Waals surface area (Å²) in [6.07, 6.45) is 6.57. The maximum Gasteiger partial charge on any atom is 0.164 e. The molecule has 0 fully saturated rings. The molecule has 2 aromatic rings. The van der Waals surface area contributed by atoms with E-state index in [-0.39, 0.29) is 5.78 Å². The van der Waals surface area contributed by atoms with Crippen LogP contribution in [-0.4, -0.2) is 10.4 Å². The number of benzene rings is 1. The van der Waals surface area contributed by atoms with Crippen molar-refractivity contribution in [1.29, 1.82) is 0 Å². The topological polar surface area (TPSA) is 22.0 Å². The molecule has 2 nitrogen and oxygen atoms in total. The Morgan fingerprint density at radius 2 is 2.00 bits per heavy atom. The Balaban J connectivity index is 1.92. The molecule has 1 aromatic carbocycles. The van der Waals surface area contributed by atoms with Crippen LogP contribution in [0.15, 0.2) is 30.6 Å². The molecular formula is C15H13Cl2NO. The second-order valence-electron chi connectivity index (χ2n) is 4.88. The maximum absolute atomic E-state index is 11.8. The third-order valence-electron chi connectivity index (χ3n) is 3.47. The lowest BCUT2D eigenvalue weighted by Gasteiger charge is -2.07. The van der Waals surface area contributed by atoms with Gasteiger partial charge in [0.2, 0.25) is 0 Å². The molecular weight excluding hydrogens is 281 g/mol. The highest BCUT2D eigenvalue weighted by Crippen LogP contribution is 2.25. The monoisotopic (exact) mass is 293 g/mol. The Hall–Kier alpha value is -1.25. The first-order valence-corrected chi connectivity index (χ1v) is 7.05. The van der Waals surface area contributed by atoms with Crippen molar-refractivity contribution in [3.8, 4) is 0 Å². The summed E-state index contributed by atoms with van der Waals surface area (Å²) in [5, 5.41) is 1.37. The summed E-state index contributed by atoms with van der Waals surface area (Å²) in [6.45, 7) is 0.639. The van der Waals surface area contributed by atoms with E-state index in [1.807, 2.05) is 23.0 Å². The first kappa shape index (κ1) is 12.8. The van der Waals surface area contributed by atoms with Gasteiger partial charge in [-0.2, -0.15) is 0 Å². The van der Waals surface area contributed by atoms with E-state index in [1.54, 1.807) is 12.1 Å². The zero-order chi connectivity index (χ0) is 13.4. The molecule has 19 heavy (non-hydrogen) atoms. The molecule has 1 heterocycles. The third kappa shape index (κ3) is 2.56. The summed E-state index contributed by atoms with van der Waals surface area (Å²) in [5.74, 6) is 0.247. The molecule has 0 radical (unpaired) electrons. The quantitative estimate of drug-likeness (QED) is 0.806. The van der Waals surface area contributed by atoms with E-state index in [0.717, 1.165) is 29.5 Å². The Morgan fingerprint density at radius 3 is 2.79 bits per heavy atom. The molecule has 0 bridgehead atoms. The van der Waals surface area contributed by atoms with Crippen molar-refractivity contribution in [3.05, 3.63) is 57.3 Å². The van der Waals surface area contributed by atoms with Gasteiger partial charge in [-0.15, -0.1) is 0 Å². The number of aryl methyl sites for hydroxylation is 1. The number of nitrogens with zero attached hydrogens (tertiary/aromatic N) is 1. The van der Waals surface area contributed by atoms with Gasteiger partial charge < -0.3 is 4.57 Å². The number of Topliss-reactive ketones (excluding diaryl/α,β-unsaturated/α-hetero) is 1. The predicted molar refractivity (Wildman–Crippen MR) is 77.3 cm³/mol. The minimum absolute atomic E-state index is 0.247. The normalized spacial score (nSPS) is 14.5. The van der Waals surface area contributed by atoms with Gasteiger partial charge in [0.1, 0.15) is 0 Å². The molecule has 1 aromatic heterocycles. The largest absolute Gasteiger partial charge is 0.349 e. The van der Waals surface area contributed by atoms with E-state index in [2.05, 4.69) is 0 Å². The fourth-order valence-electron chi connectivity index (χ4n) is 2.53. The van der Waals surface area contributed by atoms with E-state index in [0.29, 0.717) is 23.0 Å². The number of carbonyl (C=O) groups excluding carboxylic acids is 1. The van der Waals surface area contributed by atoms with Gasteiger partial charge in [-0.05, 0) is 42.2 Å². The minimum Gasteiger partial charge on any atom is -0.349 e. The van der Waals surface area contributed by atoms with Crippen LogP contribution in [0.2, 0.25) is 10.0 Å². The van der Waals surface area contributed by atoms with Crippen LogP contribution in [0.5, 0.6) is 0 Å². The number of carbonyl (C=O) groups is 1. The van der Waals surface area contributed by atoms with Gasteiger partial charge in [-0.3, -0.25) is 4.79 Å². The van der Waals surface area contributed by atoms with Crippen LogP contribution >= 0.6 is 23.2 Å². The van der Waals surface area contributed by atoms with Crippen LogP contribution in [0.4, 0.5) is 0 Å². The lowest BCUT2D eigenvalue weighted by Crippen LogP contribution is -2.07. The van der Waals surface area contributed by atoms with E-state index in [1.165, 1.54) is 0 Å². The molecule has 0 aliphatic heterocycles. The summed E-state index contributed by atoms with van der Waals surface area (Å²) >= 11 is 12.1. The molecule has 98 valence electrons. The van der Waals surface area contributed by atoms with Crippen LogP contribution in [0, 0.1) is 0 Å². The first-order valence-electron chi connectivity index (χ1n) is 6.29. The second kappa shape index (κ2) is 5.03. The summed E-state index contributed by atoms with van der Waals surface area (Å²) in [4.78, 5) is 11.8. The number of halogens is 2. The molecule has 4 heteroatoms. The standard InChI is InChI=1S/C15H13Cl2NO/c16-12-4-5-14(17)11(6-12)8-18-7-10-2-1-3-15(19)13(10)9-18/h4-7,9H,1-3,8H2. The molecule has 0 spiro atoms. The van der Waals surface area contributed by atoms with Crippen LogP contribution in [0.1, 0.15) is 34.3 Å². The molecule has 3 rings (SSSR count). The van der Waals surface area contributed by atoms with Crippen LogP contribution in [0.3, 0.4) is 0 Å². The average Bonchev–Trinajstić information content (AvgIpc) is 2.78. The van der Waals surface area contributed by atoms with Gasteiger partial charge in [0.05, 0.1) is 0 Å². The number of fused-ring (bicyclic) bond motifs is 1. The molecule has 0 N–H and O–H groups in total. The summed E-state index contributed by atoms with van der Waals surface area (Å²) in [6, 6.07) is 5.44. The number of hydrogen-bond acceptors (Lipinski definition) is 1. The fourth-order valence-corrected chi connectivity index (χ4v) is 2.90. The number of hydrogen-bond donors (Lipinski definition) is 0. The Bertz CT molecular complexity index is 646. The van der Waals surface area contributed by atoms with Gasteiger partial charge in [-0.1, -0.05) is 23.2 Å². The van der Waals surface area contributed by atoms with Gasteiger partial charge in [-0.25, -0.2) is 0 Å². The van der Waals surface area contributed by atoms with Crippen molar-refractivity contribution < 1.29 is 4.79 Å². The van der Waals surface area contributed by atoms with Crippen molar-refractivity contribution in [2.45, 2.75) is 25.8 Å². The van der Waals surface area contributed by atoms with E-state index >= 15 is 0 Å². The van der Waals surface area contributed by atoms with Gasteiger partial charge in [0, 0.05) is 41.0 Å². The van der Waals surface area contributed by atoms with Crippen LogP contribution in [-0.2, 0) is 13.0 Å². The van der Waals surface area contributed by atoms with E-state index < -0.39 is 0 Å². The summed E-state index contributed by atoms with van der Waals surface area (Å²) in [5.41, 5.74) is 2.98. The Labute approximate surface area is 121 Å². The minimum atomic E-state index is 0.247. The van der Waals surface area contributed by atoms with Crippen molar-refractivity contribution in [1.82, 2.24) is 4.57 Å². The lowest BCUT2D eigenvalue weighted by molar-refractivity contribution is 0.0973. The van der Waals surface area contributed by atoms with Gasteiger partial charge in [0.25, 0.3) is 0 Å². The molecule has 0 amide bonds. The molecule has 1 aliphatic carbocycles. The maximum atomic E-state index is 11.8. The first-order chi connectivity index (χ1) is 9.13. The smallest absolute Gasteiger partial charge is 0.164 e. The zero-order valence-electron chi connectivity index (χ0n) is 10.3. The summed E-state index contributed by atoms with van der Waals surface area (Å²) in [7, 11) is 0. The highest BCUT2D eigenvalue weighted by Gasteiger charge is 2.19. The fraction of sp³-hybridized carbons (Fsp3) is 0.267. The van der Waals surface area contributed by atoms with Gasteiger partial charge >= 0.3 is 0 Å². The third-order valence-corrected chi connectivity index (χ3v) is 4.08. The van der Waals surface area contributed by atoms with Crippen LogP contribution < -0.4 is 0 Å². The molecule has 0 saturated heterocycles. The number of rotatable bonds is 2. The number of aromatic nitrogens is 1. The van der Waals surface area contributed by atoms with E-state index in [9.17, 15) is 4.79 Å². The highest BCUT2D eigenvalue weighted by molar-refractivity contribution is 6.33. The average molecular weight is 294 g/mol. The SMILES string of the molecule is O=C1CCCc2cn(Cc3cc(Cl)ccc3Cl)cc21. The molecule has 0 unspecified atom stereocenters. The van der Waals surface area contributed by atoms with Crippen molar-refractivity contribution >= 4 is 29.0 Å². The van der Waals surface area contributed by atoms with Gasteiger partial charge in [0.15, 0.2) is 5.78 Å². The second-order valence-corrected chi connectivity index (χ2v) is 5.73. The van der Waals surface area contributed by atoms with Crippen molar-refractivity contribution in [2.75, 3.05) is 0 Å². The molecule has 0 saturated carbocycles.